The lowest BCUT2D eigenvalue weighted by Gasteiger charge is -2.23. The number of rotatable bonds is 7. The van der Waals surface area contributed by atoms with Crippen molar-refractivity contribution in [1.82, 2.24) is 4.90 Å². The first kappa shape index (κ1) is 19.0. The molecule has 1 N–H and O–H groups in total. The Morgan fingerprint density at radius 3 is 2.22 bits per heavy atom. The highest BCUT2D eigenvalue weighted by Gasteiger charge is 2.30. The normalized spacial score (nSPS) is 12.7. The zero-order chi connectivity index (χ0) is 17.6. The first-order chi connectivity index (χ1) is 10.6. The maximum atomic E-state index is 12.5. The summed E-state index contributed by atoms with van der Waals surface area (Å²) in [6.07, 6.45) is -3.50. The molecule has 0 fully saturated rings. The summed E-state index contributed by atoms with van der Waals surface area (Å²) >= 11 is 0. The quantitative estimate of drug-likeness (QED) is 0.835. The minimum absolute atomic E-state index is 0.261. The molecule has 128 valence electrons. The van der Waals surface area contributed by atoms with Gasteiger partial charge in [-0.2, -0.15) is 13.2 Å². The van der Waals surface area contributed by atoms with Gasteiger partial charge in [0.15, 0.2) is 0 Å². The van der Waals surface area contributed by atoms with E-state index in [9.17, 15) is 22.8 Å². The van der Waals surface area contributed by atoms with Gasteiger partial charge in [-0.15, -0.1) is 0 Å². The lowest BCUT2D eigenvalue weighted by molar-refractivity contribution is -0.146. The second-order valence-electron chi connectivity index (χ2n) is 5.45. The van der Waals surface area contributed by atoms with Crippen LogP contribution in [0.2, 0.25) is 0 Å². The second kappa shape index (κ2) is 7.99. The van der Waals surface area contributed by atoms with Gasteiger partial charge in [0.05, 0.1) is 5.56 Å². The number of aliphatic carboxylic acids is 1. The zero-order valence-electron chi connectivity index (χ0n) is 13.1. The number of carboxylic acids is 1. The van der Waals surface area contributed by atoms with Crippen LogP contribution in [0.15, 0.2) is 24.3 Å². The van der Waals surface area contributed by atoms with E-state index in [1.807, 2.05) is 6.92 Å². The summed E-state index contributed by atoms with van der Waals surface area (Å²) in [6, 6.07) is 4.64. The van der Waals surface area contributed by atoms with Gasteiger partial charge in [0, 0.05) is 12.5 Å². The molecule has 1 atom stereocenters. The van der Waals surface area contributed by atoms with Crippen molar-refractivity contribution in [3.63, 3.8) is 0 Å². The molecule has 0 bridgehead atoms. The Kier molecular flexibility index (Phi) is 6.60. The maximum absolute atomic E-state index is 12.5. The maximum Gasteiger partial charge on any atom is 0.416 e. The van der Waals surface area contributed by atoms with E-state index in [0.717, 1.165) is 12.1 Å². The van der Waals surface area contributed by atoms with Crippen LogP contribution in [0, 0.1) is 5.92 Å². The average molecular weight is 331 g/mol. The van der Waals surface area contributed by atoms with Crippen LogP contribution in [-0.2, 0) is 22.2 Å². The number of carbonyl (C=O) groups excluding carboxylic acids is 1. The fraction of sp³-hybridized carbons (Fsp3) is 0.500. The van der Waals surface area contributed by atoms with Crippen molar-refractivity contribution in [1.29, 1.82) is 0 Å². The van der Waals surface area contributed by atoms with E-state index in [-0.39, 0.29) is 18.9 Å². The molecular weight excluding hydrogens is 311 g/mol. The molecule has 0 aliphatic carbocycles. The fourth-order valence-electron chi connectivity index (χ4n) is 2.28. The van der Waals surface area contributed by atoms with E-state index < -0.39 is 23.6 Å². The van der Waals surface area contributed by atoms with Crippen molar-refractivity contribution >= 4 is 11.9 Å². The molecule has 0 radical (unpaired) electrons. The molecule has 0 saturated carbocycles. The van der Waals surface area contributed by atoms with Crippen LogP contribution in [0.3, 0.4) is 0 Å². The van der Waals surface area contributed by atoms with Crippen molar-refractivity contribution in [3.8, 4) is 0 Å². The van der Waals surface area contributed by atoms with Crippen molar-refractivity contribution in [2.75, 3.05) is 13.1 Å². The number of hydrogen-bond donors (Lipinski definition) is 1. The molecule has 23 heavy (non-hydrogen) atoms. The van der Waals surface area contributed by atoms with Gasteiger partial charge in [0.25, 0.3) is 0 Å². The monoisotopic (exact) mass is 331 g/mol. The average Bonchev–Trinajstić information content (AvgIpc) is 2.45. The molecule has 0 heterocycles. The fourth-order valence-corrected chi connectivity index (χ4v) is 2.28. The van der Waals surface area contributed by atoms with Crippen molar-refractivity contribution in [2.24, 2.45) is 5.92 Å². The SMILES string of the molecule is CCCN(CC(=O)O)C(=O)C(C)Cc1ccc(C(F)(F)F)cc1. The van der Waals surface area contributed by atoms with Gasteiger partial charge < -0.3 is 10.0 Å². The molecule has 4 nitrogen and oxygen atoms in total. The number of carboxylic acid groups (broad SMARTS) is 1. The van der Waals surface area contributed by atoms with Gasteiger partial charge in [-0.25, -0.2) is 0 Å². The molecule has 1 aromatic carbocycles. The summed E-state index contributed by atoms with van der Waals surface area (Å²) in [6.45, 7) is 3.44. The zero-order valence-corrected chi connectivity index (χ0v) is 13.1. The van der Waals surface area contributed by atoms with Crippen LogP contribution < -0.4 is 0 Å². The summed E-state index contributed by atoms with van der Waals surface area (Å²) < 4.78 is 37.5. The smallest absolute Gasteiger partial charge is 0.416 e. The Hall–Kier alpha value is -2.05. The first-order valence-electron chi connectivity index (χ1n) is 7.31. The van der Waals surface area contributed by atoms with Crippen LogP contribution in [0.4, 0.5) is 13.2 Å². The van der Waals surface area contributed by atoms with Crippen LogP contribution in [0.25, 0.3) is 0 Å². The molecule has 0 spiro atoms. The summed E-state index contributed by atoms with van der Waals surface area (Å²) in [5.74, 6) is -1.90. The van der Waals surface area contributed by atoms with Gasteiger partial charge in [-0.3, -0.25) is 9.59 Å². The van der Waals surface area contributed by atoms with E-state index in [0.29, 0.717) is 18.5 Å². The van der Waals surface area contributed by atoms with E-state index in [1.165, 1.54) is 17.0 Å². The molecule has 0 aliphatic rings. The Balaban J connectivity index is 2.75. The third kappa shape index (κ3) is 5.92. The largest absolute Gasteiger partial charge is 0.480 e. The Morgan fingerprint density at radius 2 is 1.78 bits per heavy atom. The summed E-state index contributed by atoms with van der Waals surface area (Å²) in [4.78, 5) is 24.3. The Bertz CT molecular complexity index is 540. The van der Waals surface area contributed by atoms with Crippen LogP contribution in [0.5, 0.6) is 0 Å². The van der Waals surface area contributed by atoms with Gasteiger partial charge in [-0.05, 0) is 30.5 Å². The minimum atomic E-state index is -4.39. The summed E-state index contributed by atoms with van der Waals surface area (Å²) in [5.41, 5.74) is -0.135. The van der Waals surface area contributed by atoms with Crippen LogP contribution in [-0.4, -0.2) is 35.0 Å². The summed E-state index contributed by atoms with van der Waals surface area (Å²) in [7, 11) is 0. The standard InChI is InChI=1S/C16H20F3NO3/c1-3-8-20(10-14(21)22)15(23)11(2)9-12-4-6-13(7-5-12)16(17,18)19/h4-7,11H,3,8-10H2,1-2H3,(H,21,22). The highest BCUT2D eigenvalue weighted by molar-refractivity contribution is 5.83. The van der Waals surface area contributed by atoms with E-state index in [4.69, 9.17) is 5.11 Å². The lowest BCUT2D eigenvalue weighted by Crippen LogP contribution is -2.40. The van der Waals surface area contributed by atoms with Crippen LogP contribution >= 0.6 is 0 Å². The third-order valence-corrected chi connectivity index (χ3v) is 3.38. The first-order valence-corrected chi connectivity index (χ1v) is 7.31. The predicted molar refractivity (Wildman–Crippen MR) is 78.8 cm³/mol. The van der Waals surface area contributed by atoms with Crippen molar-refractivity contribution in [2.45, 2.75) is 32.9 Å². The Morgan fingerprint density at radius 1 is 1.22 bits per heavy atom. The molecule has 1 amide bonds. The third-order valence-electron chi connectivity index (χ3n) is 3.38. The van der Waals surface area contributed by atoms with Gasteiger partial charge in [-0.1, -0.05) is 26.0 Å². The van der Waals surface area contributed by atoms with Gasteiger partial charge >= 0.3 is 12.1 Å². The van der Waals surface area contributed by atoms with Crippen LogP contribution in [0.1, 0.15) is 31.4 Å². The molecule has 0 saturated heterocycles. The van der Waals surface area contributed by atoms with E-state index in [2.05, 4.69) is 0 Å². The molecule has 0 aromatic heterocycles. The minimum Gasteiger partial charge on any atom is -0.480 e. The molecule has 1 rings (SSSR count). The molecular formula is C16H20F3NO3. The Labute approximate surface area is 132 Å². The number of alkyl halides is 3. The number of carbonyl (C=O) groups is 2. The number of benzene rings is 1. The molecule has 7 heteroatoms. The lowest BCUT2D eigenvalue weighted by atomic mass is 9.98. The van der Waals surface area contributed by atoms with E-state index in [1.54, 1.807) is 6.92 Å². The van der Waals surface area contributed by atoms with Crippen molar-refractivity contribution < 1.29 is 27.9 Å². The number of nitrogens with zero attached hydrogens (tertiary/aromatic N) is 1. The van der Waals surface area contributed by atoms with Crippen molar-refractivity contribution in [3.05, 3.63) is 35.4 Å². The topological polar surface area (TPSA) is 57.6 Å². The number of amides is 1. The predicted octanol–water partition coefficient (Wildman–Crippen LogP) is 3.21. The highest BCUT2D eigenvalue weighted by atomic mass is 19.4. The molecule has 1 unspecified atom stereocenters. The second-order valence-corrected chi connectivity index (χ2v) is 5.45. The summed E-state index contributed by atoms with van der Waals surface area (Å²) in [5, 5.41) is 8.84. The van der Waals surface area contributed by atoms with Gasteiger partial charge in [0.2, 0.25) is 5.91 Å². The van der Waals surface area contributed by atoms with Gasteiger partial charge in [0.1, 0.15) is 6.54 Å². The molecule has 1 aromatic rings. The van der Waals surface area contributed by atoms with E-state index >= 15 is 0 Å². The highest BCUT2D eigenvalue weighted by Crippen LogP contribution is 2.29. The number of hydrogen-bond acceptors (Lipinski definition) is 2. The molecule has 0 aliphatic heterocycles. The number of halogens is 3.